The monoisotopic (exact) mass is 644 g/mol. The van der Waals surface area contributed by atoms with Crippen LogP contribution >= 0.6 is 0 Å². The van der Waals surface area contributed by atoms with Gasteiger partial charge in [0.25, 0.3) is 0 Å². The number of aromatic nitrogens is 2. The first kappa shape index (κ1) is 29.9. The lowest BCUT2D eigenvalue weighted by Crippen LogP contribution is -1.93. The zero-order chi connectivity index (χ0) is 33.6. The van der Waals surface area contributed by atoms with Gasteiger partial charge in [0, 0.05) is 22.0 Å². The van der Waals surface area contributed by atoms with Gasteiger partial charge < -0.3 is 8.98 Å². The largest absolute Gasteiger partial charge is 0.436 e. The topological polar surface area (TPSA) is 31.0 Å². The van der Waals surface area contributed by atoms with Gasteiger partial charge in [-0.2, -0.15) is 0 Å². The Morgan fingerprint density at radius 2 is 1.10 bits per heavy atom. The molecule has 2 heterocycles. The van der Waals surface area contributed by atoms with Gasteiger partial charge in [-0.3, -0.25) is 0 Å². The van der Waals surface area contributed by atoms with E-state index < -0.39 is 0 Å². The molecule has 0 fully saturated rings. The second kappa shape index (κ2) is 12.4. The van der Waals surface area contributed by atoms with E-state index in [0.717, 1.165) is 35.1 Å². The number of fused-ring (bicyclic) bond motifs is 4. The zero-order valence-corrected chi connectivity index (χ0v) is 28.2. The molecule has 0 amide bonds. The smallest absolute Gasteiger partial charge is 0.227 e. The molecule has 240 valence electrons. The summed E-state index contributed by atoms with van der Waals surface area (Å²) in [7, 11) is 0. The Balaban J connectivity index is 1.12. The van der Waals surface area contributed by atoms with Crippen LogP contribution in [0.25, 0.3) is 83.4 Å². The van der Waals surface area contributed by atoms with Gasteiger partial charge in [0.1, 0.15) is 5.52 Å². The van der Waals surface area contributed by atoms with Crippen LogP contribution in [0.4, 0.5) is 0 Å². The van der Waals surface area contributed by atoms with Crippen LogP contribution in [0.1, 0.15) is 25.0 Å². The van der Waals surface area contributed by atoms with Crippen LogP contribution in [-0.4, -0.2) is 9.55 Å². The van der Waals surface area contributed by atoms with Crippen LogP contribution in [-0.2, 0) is 12.8 Å². The second-order valence-corrected chi connectivity index (χ2v) is 12.9. The molecule has 0 atom stereocenters. The van der Waals surface area contributed by atoms with E-state index in [1.807, 2.05) is 0 Å². The van der Waals surface area contributed by atoms with Crippen molar-refractivity contribution in [2.24, 2.45) is 0 Å². The minimum atomic E-state index is 0.664. The van der Waals surface area contributed by atoms with Crippen LogP contribution in [0.15, 0.2) is 162 Å². The highest BCUT2D eigenvalue weighted by Crippen LogP contribution is 2.41. The molecule has 0 saturated heterocycles. The summed E-state index contributed by atoms with van der Waals surface area (Å²) in [6.45, 7) is 4.35. The molecule has 9 rings (SSSR count). The highest BCUT2D eigenvalue weighted by molar-refractivity contribution is 6.11. The fourth-order valence-electron chi connectivity index (χ4n) is 7.48. The minimum absolute atomic E-state index is 0.664. The molecule has 50 heavy (non-hydrogen) atoms. The van der Waals surface area contributed by atoms with Crippen molar-refractivity contribution in [2.75, 3.05) is 0 Å². The van der Waals surface area contributed by atoms with Crippen LogP contribution in [0.3, 0.4) is 0 Å². The molecule has 0 aliphatic carbocycles. The Kier molecular flexibility index (Phi) is 7.39. The van der Waals surface area contributed by atoms with Crippen molar-refractivity contribution in [3.05, 3.63) is 169 Å². The summed E-state index contributed by atoms with van der Waals surface area (Å²) in [6, 6.07) is 56.8. The SMILES string of the molecule is CCc1cc(CC)c2oc(-c3ccc(-c4ccccc4-c4ccccc4-c4ccc5c(c4)c4ccccc4n5-c4ccccc4)cc3)nc2c1. The summed E-state index contributed by atoms with van der Waals surface area (Å²) < 4.78 is 8.72. The van der Waals surface area contributed by atoms with Crippen LogP contribution < -0.4 is 0 Å². The first-order valence-corrected chi connectivity index (χ1v) is 17.5. The molecular formula is C47H36N2O. The van der Waals surface area contributed by atoms with E-state index in [1.54, 1.807) is 0 Å². The number of oxazole rings is 1. The Morgan fingerprint density at radius 1 is 0.500 bits per heavy atom. The quantitative estimate of drug-likeness (QED) is 0.173. The molecule has 0 spiro atoms. The predicted molar refractivity (Wildman–Crippen MR) is 209 cm³/mol. The lowest BCUT2D eigenvalue weighted by Gasteiger charge is -2.15. The number of aryl methyl sites for hydroxylation is 2. The van der Waals surface area contributed by atoms with Crippen molar-refractivity contribution < 1.29 is 4.42 Å². The summed E-state index contributed by atoms with van der Waals surface area (Å²) in [5, 5.41) is 2.50. The zero-order valence-electron chi connectivity index (χ0n) is 28.2. The second-order valence-electron chi connectivity index (χ2n) is 12.9. The average molecular weight is 645 g/mol. The lowest BCUT2D eigenvalue weighted by molar-refractivity contribution is 0.615. The van der Waals surface area contributed by atoms with Crippen LogP contribution in [0.5, 0.6) is 0 Å². The molecule has 7 aromatic carbocycles. The maximum Gasteiger partial charge on any atom is 0.227 e. The third-order valence-electron chi connectivity index (χ3n) is 10.0. The van der Waals surface area contributed by atoms with Gasteiger partial charge in [-0.1, -0.05) is 123 Å². The summed E-state index contributed by atoms with van der Waals surface area (Å²) in [5.74, 6) is 0.664. The van der Waals surface area contributed by atoms with Crippen LogP contribution in [0.2, 0.25) is 0 Å². The van der Waals surface area contributed by atoms with Gasteiger partial charge in [-0.25, -0.2) is 4.98 Å². The van der Waals surface area contributed by atoms with Crippen LogP contribution in [0, 0.1) is 0 Å². The number of para-hydroxylation sites is 2. The fourth-order valence-corrected chi connectivity index (χ4v) is 7.48. The van der Waals surface area contributed by atoms with Gasteiger partial charge in [0.2, 0.25) is 5.89 Å². The highest BCUT2D eigenvalue weighted by atomic mass is 16.3. The van der Waals surface area contributed by atoms with Crippen molar-refractivity contribution in [1.29, 1.82) is 0 Å². The standard InChI is InChI=1S/C47H36N2O/c1-3-31-28-32(4-2)46-43(29-31)48-47(50-46)34-24-22-33(23-25-34)37-16-8-10-18-39(37)40-19-11-9-17-38(40)35-26-27-45-42(30-35)41-20-12-13-21-44(41)49(45)36-14-6-5-7-15-36/h5-30H,3-4H2,1-2H3. The highest BCUT2D eigenvalue weighted by Gasteiger charge is 2.17. The summed E-state index contributed by atoms with van der Waals surface area (Å²) in [5.41, 5.74) is 16.0. The molecule has 2 aromatic heterocycles. The van der Waals surface area contributed by atoms with Gasteiger partial charge in [-0.05, 0) is 106 Å². The van der Waals surface area contributed by atoms with E-state index in [9.17, 15) is 0 Å². The number of hydrogen-bond acceptors (Lipinski definition) is 2. The van der Waals surface area contributed by atoms with Crippen molar-refractivity contribution in [2.45, 2.75) is 26.7 Å². The third kappa shape index (κ3) is 5.02. The van der Waals surface area contributed by atoms with E-state index in [1.165, 1.54) is 66.4 Å². The van der Waals surface area contributed by atoms with Gasteiger partial charge >= 0.3 is 0 Å². The maximum atomic E-state index is 6.35. The number of benzene rings is 7. The van der Waals surface area contributed by atoms with Gasteiger partial charge in [0.15, 0.2) is 5.58 Å². The molecule has 0 bridgehead atoms. The molecule has 0 unspecified atom stereocenters. The van der Waals surface area contributed by atoms with Gasteiger partial charge in [0.05, 0.1) is 11.0 Å². The summed E-state index contributed by atoms with van der Waals surface area (Å²) >= 11 is 0. The minimum Gasteiger partial charge on any atom is -0.436 e. The Morgan fingerprint density at radius 3 is 1.82 bits per heavy atom. The molecule has 9 aromatic rings. The first-order chi connectivity index (χ1) is 24.7. The molecule has 0 radical (unpaired) electrons. The molecule has 0 aliphatic heterocycles. The van der Waals surface area contributed by atoms with Gasteiger partial charge in [-0.15, -0.1) is 0 Å². The van der Waals surface area contributed by atoms with E-state index >= 15 is 0 Å². The fraction of sp³-hybridized carbons (Fsp3) is 0.0851. The van der Waals surface area contributed by atoms with E-state index in [0.29, 0.717) is 5.89 Å². The molecular weight excluding hydrogens is 609 g/mol. The molecule has 3 heteroatoms. The molecule has 3 nitrogen and oxygen atoms in total. The maximum absolute atomic E-state index is 6.35. The Hall–Kier alpha value is -6.19. The van der Waals surface area contributed by atoms with Crippen molar-refractivity contribution in [3.8, 4) is 50.5 Å². The van der Waals surface area contributed by atoms with E-state index in [2.05, 4.69) is 176 Å². The number of hydrogen-bond donors (Lipinski definition) is 0. The summed E-state index contributed by atoms with van der Waals surface area (Å²) in [4.78, 5) is 4.90. The van der Waals surface area contributed by atoms with Crippen molar-refractivity contribution in [3.63, 3.8) is 0 Å². The number of nitrogens with zero attached hydrogens (tertiary/aromatic N) is 2. The lowest BCUT2D eigenvalue weighted by atomic mass is 9.89. The average Bonchev–Trinajstić information content (AvgIpc) is 3.77. The first-order valence-electron chi connectivity index (χ1n) is 17.5. The predicted octanol–water partition coefficient (Wildman–Crippen LogP) is 12.7. The van der Waals surface area contributed by atoms with Crippen molar-refractivity contribution >= 4 is 32.9 Å². The molecule has 0 aliphatic rings. The van der Waals surface area contributed by atoms with Crippen molar-refractivity contribution in [1.82, 2.24) is 9.55 Å². The summed E-state index contributed by atoms with van der Waals surface area (Å²) in [6.07, 6.45) is 1.90. The van der Waals surface area contributed by atoms with E-state index in [-0.39, 0.29) is 0 Å². The molecule has 0 N–H and O–H groups in total. The normalized spacial score (nSPS) is 11.6. The van der Waals surface area contributed by atoms with E-state index in [4.69, 9.17) is 9.40 Å². The Labute approximate surface area is 292 Å². The number of rotatable bonds is 7. The Bertz CT molecular complexity index is 2660. The molecule has 0 saturated carbocycles. The third-order valence-corrected chi connectivity index (χ3v) is 10.0.